The number of hydrogen-bond donors (Lipinski definition) is 2. The van der Waals surface area contributed by atoms with Crippen LogP contribution in [0.15, 0.2) is 18.2 Å². The Kier molecular flexibility index (Phi) is 5.16. The molecule has 0 spiro atoms. The number of rotatable bonds is 6. The summed E-state index contributed by atoms with van der Waals surface area (Å²) in [4.78, 5) is 10.1. The number of aliphatic hydroxyl groups excluding tert-OH is 1. The maximum Gasteiger partial charge on any atom is 0.416 e. The highest BCUT2D eigenvalue weighted by Gasteiger charge is 2.33. The van der Waals surface area contributed by atoms with E-state index in [1.54, 1.807) is 0 Å². The van der Waals surface area contributed by atoms with Gasteiger partial charge in [-0.05, 0) is 24.0 Å². The second-order valence-electron chi connectivity index (χ2n) is 5.48. The molecule has 1 aromatic rings. The molecule has 21 heavy (non-hydrogen) atoms. The van der Waals surface area contributed by atoms with Crippen LogP contribution in [-0.4, -0.2) is 23.2 Å². The lowest BCUT2D eigenvalue weighted by Gasteiger charge is -2.24. The molecule has 1 rings (SSSR count). The van der Waals surface area contributed by atoms with Crippen molar-refractivity contribution in [3.63, 3.8) is 0 Å². The predicted octanol–water partition coefficient (Wildman–Crippen LogP) is 3.43. The summed E-state index contributed by atoms with van der Waals surface area (Å²) in [5.41, 5.74) is -2.00. The molecule has 0 aliphatic carbocycles. The second-order valence-corrected chi connectivity index (χ2v) is 5.48. The number of nitro groups is 1. The van der Waals surface area contributed by atoms with Gasteiger partial charge >= 0.3 is 6.18 Å². The number of benzene rings is 1. The van der Waals surface area contributed by atoms with Crippen LogP contribution in [0, 0.1) is 15.5 Å². The number of halogens is 3. The quantitative estimate of drug-likeness (QED) is 0.623. The van der Waals surface area contributed by atoms with E-state index in [0.29, 0.717) is 19.0 Å². The fourth-order valence-corrected chi connectivity index (χ4v) is 1.73. The van der Waals surface area contributed by atoms with Crippen LogP contribution in [0.2, 0.25) is 0 Å². The van der Waals surface area contributed by atoms with Gasteiger partial charge in [0.05, 0.1) is 10.5 Å². The van der Waals surface area contributed by atoms with Crippen molar-refractivity contribution in [1.82, 2.24) is 0 Å². The fourth-order valence-electron chi connectivity index (χ4n) is 1.73. The molecule has 0 aliphatic rings. The topological polar surface area (TPSA) is 75.4 Å². The molecular formula is C13H17F3N2O3. The molecule has 1 aromatic carbocycles. The van der Waals surface area contributed by atoms with Gasteiger partial charge in [0.25, 0.3) is 5.69 Å². The van der Waals surface area contributed by atoms with Gasteiger partial charge in [-0.2, -0.15) is 13.2 Å². The average Bonchev–Trinajstić information content (AvgIpc) is 2.35. The highest BCUT2D eigenvalue weighted by molar-refractivity contribution is 5.63. The zero-order chi connectivity index (χ0) is 16.3. The van der Waals surface area contributed by atoms with Crippen molar-refractivity contribution in [3.8, 4) is 0 Å². The van der Waals surface area contributed by atoms with Crippen LogP contribution in [0.5, 0.6) is 0 Å². The van der Waals surface area contributed by atoms with E-state index in [0.717, 1.165) is 12.1 Å². The zero-order valence-electron chi connectivity index (χ0n) is 11.7. The molecule has 0 aromatic heterocycles. The van der Waals surface area contributed by atoms with Crippen LogP contribution in [0.25, 0.3) is 0 Å². The van der Waals surface area contributed by atoms with Gasteiger partial charge in [0.15, 0.2) is 0 Å². The number of aliphatic hydroxyl groups is 1. The summed E-state index contributed by atoms with van der Waals surface area (Å²) in [6, 6.07) is 2.37. The summed E-state index contributed by atoms with van der Waals surface area (Å²) in [6.07, 6.45) is -4.16. The van der Waals surface area contributed by atoms with Crippen LogP contribution in [0.3, 0.4) is 0 Å². The largest absolute Gasteiger partial charge is 0.416 e. The maximum absolute atomic E-state index is 12.6. The van der Waals surface area contributed by atoms with Crippen molar-refractivity contribution in [2.45, 2.75) is 26.4 Å². The van der Waals surface area contributed by atoms with Crippen molar-refractivity contribution in [1.29, 1.82) is 0 Å². The first kappa shape index (κ1) is 17.2. The number of hydrogen-bond acceptors (Lipinski definition) is 4. The molecule has 0 heterocycles. The summed E-state index contributed by atoms with van der Waals surface area (Å²) in [5.74, 6) is 0. The lowest BCUT2D eigenvalue weighted by molar-refractivity contribution is -0.384. The molecule has 118 valence electrons. The van der Waals surface area contributed by atoms with E-state index in [4.69, 9.17) is 5.11 Å². The smallest absolute Gasteiger partial charge is 0.396 e. The Morgan fingerprint density at radius 1 is 1.33 bits per heavy atom. The molecule has 0 aliphatic heterocycles. The van der Waals surface area contributed by atoms with Crippen molar-refractivity contribution in [2.75, 3.05) is 18.5 Å². The van der Waals surface area contributed by atoms with Gasteiger partial charge in [-0.15, -0.1) is 0 Å². The van der Waals surface area contributed by atoms with Crippen LogP contribution >= 0.6 is 0 Å². The first-order valence-electron chi connectivity index (χ1n) is 6.27. The van der Waals surface area contributed by atoms with Crippen LogP contribution in [0.4, 0.5) is 24.5 Å². The van der Waals surface area contributed by atoms with E-state index in [9.17, 15) is 23.3 Å². The molecule has 8 heteroatoms. The summed E-state index contributed by atoms with van der Waals surface area (Å²) >= 11 is 0. The Labute approximate surface area is 119 Å². The monoisotopic (exact) mass is 306 g/mol. The third kappa shape index (κ3) is 4.89. The molecule has 0 unspecified atom stereocenters. The molecular weight excluding hydrogens is 289 g/mol. The standard InChI is InChI=1S/C13H17F3N2O3/c1-12(2,5-6-19)8-17-10-4-3-9(13(14,15)16)7-11(10)18(20)21/h3-4,7,17,19H,5-6,8H2,1-2H3. The van der Waals surface area contributed by atoms with Gasteiger partial charge in [0.2, 0.25) is 0 Å². The van der Waals surface area contributed by atoms with Gasteiger partial charge in [-0.25, -0.2) is 0 Å². The van der Waals surface area contributed by atoms with Gasteiger partial charge < -0.3 is 10.4 Å². The molecule has 5 nitrogen and oxygen atoms in total. The normalized spacial score (nSPS) is 12.3. The van der Waals surface area contributed by atoms with Crippen molar-refractivity contribution >= 4 is 11.4 Å². The number of nitrogens with zero attached hydrogens (tertiary/aromatic N) is 1. The third-order valence-electron chi connectivity index (χ3n) is 3.07. The van der Waals surface area contributed by atoms with Crippen LogP contribution in [-0.2, 0) is 6.18 Å². The predicted molar refractivity (Wildman–Crippen MR) is 72.1 cm³/mol. The number of nitrogens with one attached hydrogen (secondary N) is 1. The average molecular weight is 306 g/mol. The Balaban J connectivity index is 3.00. The van der Waals surface area contributed by atoms with Gasteiger partial charge in [-0.3, -0.25) is 10.1 Å². The SMILES string of the molecule is CC(C)(CCO)CNc1ccc(C(F)(F)F)cc1[N+](=O)[O-]. The van der Waals surface area contributed by atoms with E-state index in [1.807, 2.05) is 13.8 Å². The van der Waals surface area contributed by atoms with Gasteiger partial charge in [-0.1, -0.05) is 13.8 Å². The molecule has 0 radical (unpaired) electrons. The highest BCUT2D eigenvalue weighted by Crippen LogP contribution is 2.35. The number of nitro benzene ring substituents is 1. The van der Waals surface area contributed by atoms with E-state index >= 15 is 0 Å². The summed E-state index contributed by atoms with van der Waals surface area (Å²) in [6.45, 7) is 3.93. The van der Waals surface area contributed by atoms with Crippen molar-refractivity contribution < 1.29 is 23.2 Å². The minimum Gasteiger partial charge on any atom is -0.396 e. The van der Waals surface area contributed by atoms with E-state index < -0.39 is 22.4 Å². The molecule has 0 saturated heterocycles. The maximum atomic E-state index is 12.6. The van der Waals surface area contributed by atoms with Crippen molar-refractivity contribution in [3.05, 3.63) is 33.9 Å². The van der Waals surface area contributed by atoms with E-state index in [2.05, 4.69) is 5.32 Å². The molecule has 0 fully saturated rings. The molecule has 0 bridgehead atoms. The highest BCUT2D eigenvalue weighted by atomic mass is 19.4. The Morgan fingerprint density at radius 2 is 1.95 bits per heavy atom. The Bertz CT molecular complexity index is 516. The second kappa shape index (κ2) is 6.30. The third-order valence-corrected chi connectivity index (χ3v) is 3.07. The van der Waals surface area contributed by atoms with Crippen molar-refractivity contribution in [2.24, 2.45) is 5.41 Å². The van der Waals surface area contributed by atoms with Crippen LogP contribution < -0.4 is 5.32 Å². The van der Waals surface area contributed by atoms with E-state index in [1.165, 1.54) is 0 Å². The Hall–Kier alpha value is -1.83. The van der Waals surface area contributed by atoms with Gasteiger partial charge in [0.1, 0.15) is 5.69 Å². The number of alkyl halides is 3. The fraction of sp³-hybridized carbons (Fsp3) is 0.538. The first-order chi connectivity index (χ1) is 9.57. The summed E-state index contributed by atoms with van der Waals surface area (Å²) in [5, 5.41) is 22.6. The molecule has 0 saturated carbocycles. The first-order valence-corrected chi connectivity index (χ1v) is 6.27. The minimum absolute atomic E-state index is 0.0269. The lowest BCUT2D eigenvalue weighted by Crippen LogP contribution is -2.24. The molecule has 2 N–H and O–H groups in total. The molecule has 0 amide bonds. The summed E-state index contributed by atoms with van der Waals surface area (Å²) in [7, 11) is 0. The zero-order valence-corrected chi connectivity index (χ0v) is 11.7. The van der Waals surface area contributed by atoms with Crippen LogP contribution in [0.1, 0.15) is 25.8 Å². The molecule has 0 atom stereocenters. The minimum atomic E-state index is -4.63. The lowest BCUT2D eigenvalue weighted by atomic mass is 9.89. The Morgan fingerprint density at radius 3 is 2.43 bits per heavy atom. The van der Waals surface area contributed by atoms with Gasteiger partial charge in [0, 0.05) is 19.2 Å². The van der Waals surface area contributed by atoms with E-state index in [-0.39, 0.29) is 17.7 Å². The summed E-state index contributed by atoms with van der Waals surface area (Å²) < 4.78 is 37.7. The number of anilines is 1.